The van der Waals surface area contributed by atoms with E-state index in [2.05, 4.69) is 15.6 Å². The number of anilines is 1. The fourth-order valence-electron chi connectivity index (χ4n) is 2.07. The first-order chi connectivity index (χ1) is 9.65. The van der Waals surface area contributed by atoms with E-state index in [1.807, 2.05) is 0 Å². The molecule has 7 nitrogen and oxygen atoms in total. The summed E-state index contributed by atoms with van der Waals surface area (Å²) >= 11 is 0. The van der Waals surface area contributed by atoms with Crippen LogP contribution in [0, 0.1) is 10.1 Å². The van der Waals surface area contributed by atoms with E-state index in [9.17, 15) is 14.9 Å². The number of pyridine rings is 1. The maximum absolute atomic E-state index is 12.0. The largest absolute Gasteiger partial charge is 0.346 e. The van der Waals surface area contributed by atoms with Gasteiger partial charge < -0.3 is 10.6 Å². The van der Waals surface area contributed by atoms with Gasteiger partial charge in [0, 0.05) is 23.9 Å². The first kappa shape index (κ1) is 12.1. The maximum Gasteiger partial charge on any atom is 0.269 e. The summed E-state index contributed by atoms with van der Waals surface area (Å²) in [6, 6.07) is 9.45. The summed E-state index contributed by atoms with van der Waals surface area (Å²) in [6.45, 7) is 0. The van der Waals surface area contributed by atoms with E-state index in [1.54, 1.807) is 30.5 Å². The zero-order valence-electron chi connectivity index (χ0n) is 10.2. The number of rotatable bonds is 2. The van der Waals surface area contributed by atoms with E-state index in [-0.39, 0.29) is 11.6 Å². The van der Waals surface area contributed by atoms with Gasteiger partial charge in [-0.3, -0.25) is 14.9 Å². The van der Waals surface area contributed by atoms with E-state index in [0.29, 0.717) is 16.9 Å². The molecule has 20 heavy (non-hydrogen) atoms. The average molecular weight is 270 g/mol. The molecule has 0 saturated carbocycles. The molecular formula is C13H10N4O3. The van der Waals surface area contributed by atoms with Crippen LogP contribution in [0.3, 0.4) is 0 Å². The number of amides is 1. The van der Waals surface area contributed by atoms with Crippen molar-refractivity contribution in [3.05, 3.63) is 63.8 Å². The minimum Gasteiger partial charge on any atom is -0.346 e. The van der Waals surface area contributed by atoms with Crippen LogP contribution >= 0.6 is 0 Å². The van der Waals surface area contributed by atoms with Gasteiger partial charge in [-0.2, -0.15) is 0 Å². The van der Waals surface area contributed by atoms with Gasteiger partial charge in [0.15, 0.2) is 0 Å². The molecule has 1 amide bonds. The van der Waals surface area contributed by atoms with Gasteiger partial charge in [0.1, 0.15) is 12.0 Å². The summed E-state index contributed by atoms with van der Waals surface area (Å²) in [4.78, 5) is 26.4. The van der Waals surface area contributed by atoms with Crippen molar-refractivity contribution in [3.8, 4) is 0 Å². The lowest BCUT2D eigenvalue weighted by Crippen LogP contribution is -2.38. The van der Waals surface area contributed by atoms with Gasteiger partial charge in [0.25, 0.3) is 11.6 Å². The topological polar surface area (TPSA) is 97.2 Å². The van der Waals surface area contributed by atoms with Crippen molar-refractivity contribution in [1.82, 2.24) is 10.3 Å². The molecule has 7 heteroatoms. The third-order valence-electron chi connectivity index (χ3n) is 3.02. The number of hydrogen-bond acceptors (Lipinski definition) is 5. The van der Waals surface area contributed by atoms with Crippen LogP contribution in [0.2, 0.25) is 0 Å². The Labute approximate surface area is 113 Å². The van der Waals surface area contributed by atoms with Crippen molar-refractivity contribution in [1.29, 1.82) is 0 Å². The number of fused-ring (bicyclic) bond motifs is 1. The lowest BCUT2D eigenvalue weighted by atomic mass is 10.1. The number of aromatic nitrogens is 1. The van der Waals surface area contributed by atoms with Crippen LogP contribution in [-0.2, 0) is 0 Å². The number of non-ortho nitro benzene ring substituents is 1. The quantitative estimate of drug-likeness (QED) is 0.641. The number of hydrogen-bond donors (Lipinski definition) is 2. The molecule has 100 valence electrons. The fourth-order valence-corrected chi connectivity index (χ4v) is 2.07. The second-order valence-corrected chi connectivity index (χ2v) is 4.30. The molecule has 1 aromatic heterocycles. The van der Waals surface area contributed by atoms with Crippen LogP contribution in [-0.4, -0.2) is 15.8 Å². The Morgan fingerprint density at radius 1 is 1.20 bits per heavy atom. The highest BCUT2D eigenvalue weighted by atomic mass is 16.6. The third-order valence-corrected chi connectivity index (χ3v) is 3.02. The summed E-state index contributed by atoms with van der Waals surface area (Å²) in [7, 11) is 0. The third kappa shape index (κ3) is 2.05. The fraction of sp³-hybridized carbons (Fsp3) is 0.0769. The molecule has 0 bridgehead atoms. The minimum atomic E-state index is -0.537. The molecule has 1 aliphatic heterocycles. The van der Waals surface area contributed by atoms with E-state index in [0.717, 1.165) is 0 Å². The molecule has 2 N–H and O–H groups in total. The predicted molar refractivity (Wildman–Crippen MR) is 71.2 cm³/mol. The predicted octanol–water partition coefficient (Wildman–Crippen LogP) is 1.84. The molecule has 1 aromatic carbocycles. The molecule has 1 aliphatic rings. The minimum absolute atomic E-state index is 0.0228. The maximum atomic E-state index is 12.0. The second-order valence-electron chi connectivity index (χ2n) is 4.30. The van der Waals surface area contributed by atoms with Crippen molar-refractivity contribution < 1.29 is 9.72 Å². The van der Waals surface area contributed by atoms with Gasteiger partial charge in [-0.25, -0.2) is 4.98 Å². The second kappa shape index (κ2) is 4.61. The highest BCUT2D eigenvalue weighted by molar-refractivity contribution is 6.00. The van der Waals surface area contributed by atoms with Gasteiger partial charge in [-0.1, -0.05) is 12.1 Å². The highest BCUT2D eigenvalue weighted by Crippen LogP contribution is 2.26. The molecule has 1 atom stereocenters. The normalized spacial score (nSPS) is 16.8. The Morgan fingerprint density at radius 3 is 2.85 bits per heavy atom. The molecule has 0 spiro atoms. The number of nitrogens with one attached hydrogen (secondary N) is 2. The van der Waals surface area contributed by atoms with Gasteiger partial charge >= 0.3 is 0 Å². The smallest absolute Gasteiger partial charge is 0.269 e. The van der Waals surface area contributed by atoms with Crippen LogP contribution in [0.4, 0.5) is 11.5 Å². The highest BCUT2D eigenvalue weighted by Gasteiger charge is 2.25. The molecule has 0 radical (unpaired) electrons. The molecule has 1 unspecified atom stereocenters. The zero-order valence-corrected chi connectivity index (χ0v) is 10.2. The van der Waals surface area contributed by atoms with Gasteiger partial charge in [0.05, 0.1) is 10.5 Å². The summed E-state index contributed by atoms with van der Waals surface area (Å²) in [5.74, 6) is 0.205. The molecule has 0 aliphatic carbocycles. The standard InChI is InChI=1S/C13H10N4O3/c18-13-10-5-2-6-14-12(10)15-11(16-13)8-3-1-4-9(7-8)17(19)20/h1-7,11H,(H,14,15)(H,16,18). The molecule has 2 heterocycles. The summed E-state index contributed by atoms with van der Waals surface area (Å²) in [5.41, 5.74) is 1.03. The Hall–Kier alpha value is -2.96. The van der Waals surface area contributed by atoms with E-state index in [4.69, 9.17) is 0 Å². The van der Waals surface area contributed by atoms with Gasteiger partial charge in [-0.05, 0) is 12.1 Å². The summed E-state index contributed by atoms with van der Waals surface area (Å²) in [5, 5.41) is 16.6. The molecule has 2 aromatic rings. The van der Waals surface area contributed by atoms with Crippen LogP contribution in [0.25, 0.3) is 0 Å². The lowest BCUT2D eigenvalue weighted by Gasteiger charge is -2.26. The Bertz CT molecular complexity index is 702. The number of nitro groups is 1. The van der Waals surface area contributed by atoms with E-state index < -0.39 is 11.1 Å². The molecule has 0 saturated heterocycles. The molecule has 3 rings (SSSR count). The number of benzene rings is 1. The van der Waals surface area contributed by atoms with Crippen molar-refractivity contribution in [3.63, 3.8) is 0 Å². The van der Waals surface area contributed by atoms with Crippen LogP contribution in [0.1, 0.15) is 22.1 Å². The van der Waals surface area contributed by atoms with Gasteiger partial charge in [0.2, 0.25) is 0 Å². The summed E-state index contributed by atoms with van der Waals surface area (Å²) in [6.07, 6.45) is 1.04. The SMILES string of the molecule is O=C1NC(c2cccc([N+](=O)[O-])c2)Nc2ncccc21. The van der Waals surface area contributed by atoms with Crippen molar-refractivity contribution >= 4 is 17.4 Å². The lowest BCUT2D eigenvalue weighted by molar-refractivity contribution is -0.384. The van der Waals surface area contributed by atoms with Crippen LogP contribution in [0.15, 0.2) is 42.6 Å². The van der Waals surface area contributed by atoms with E-state index in [1.165, 1.54) is 12.1 Å². The number of nitro benzene ring substituents is 1. The monoisotopic (exact) mass is 270 g/mol. The number of carbonyl (C=O) groups excluding carboxylic acids is 1. The molecule has 0 fully saturated rings. The first-order valence-corrected chi connectivity index (χ1v) is 5.92. The summed E-state index contributed by atoms with van der Waals surface area (Å²) < 4.78 is 0. The Kier molecular flexibility index (Phi) is 2.79. The van der Waals surface area contributed by atoms with E-state index >= 15 is 0 Å². The van der Waals surface area contributed by atoms with Crippen molar-refractivity contribution in [2.24, 2.45) is 0 Å². The molecular weight excluding hydrogens is 260 g/mol. The number of nitrogens with zero attached hydrogens (tertiary/aromatic N) is 2. The van der Waals surface area contributed by atoms with Crippen LogP contribution < -0.4 is 10.6 Å². The first-order valence-electron chi connectivity index (χ1n) is 5.92. The average Bonchev–Trinajstić information content (AvgIpc) is 2.47. The van der Waals surface area contributed by atoms with Crippen molar-refractivity contribution in [2.45, 2.75) is 6.17 Å². The van der Waals surface area contributed by atoms with Gasteiger partial charge in [-0.15, -0.1) is 0 Å². The van der Waals surface area contributed by atoms with Crippen LogP contribution in [0.5, 0.6) is 0 Å². The zero-order chi connectivity index (χ0) is 14.1. The Morgan fingerprint density at radius 2 is 2.05 bits per heavy atom. The van der Waals surface area contributed by atoms with Crippen molar-refractivity contribution in [2.75, 3.05) is 5.32 Å². The number of carbonyl (C=O) groups is 1. The Balaban J connectivity index is 1.95.